The Morgan fingerprint density at radius 1 is 1.24 bits per heavy atom. The van der Waals surface area contributed by atoms with Gasteiger partial charge in [0.05, 0.1) is 17.9 Å². The van der Waals surface area contributed by atoms with Crippen LogP contribution in [-0.2, 0) is 4.74 Å². The quantitative estimate of drug-likeness (QED) is 0.907. The first-order chi connectivity index (χ1) is 12.0. The maximum Gasteiger partial charge on any atom is 0.0859 e. The fourth-order valence-electron chi connectivity index (χ4n) is 5.99. The third kappa shape index (κ3) is 2.04. The summed E-state index contributed by atoms with van der Waals surface area (Å²) in [5.74, 6) is 1.05. The van der Waals surface area contributed by atoms with Gasteiger partial charge in [0, 0.05) is 24.4 Å². The molecule has 1 saturated heterocycles. The van der Waals surface area contributed by atoms with Gasteiger partial charge in [0.25, 0.3) is 0 Å². The summed E-state index contributed by atoms with van der Waals surface area (Å²) < 4.78 is 8.11. The second-order valence-corrected chi connectivity index (χ2v) is 8.78. The van der Waals surface area contributed by atoms with E-state index in [1.165, 1.54) is 12.0 Å². The van der Waals surface area contributed by atoms with E-state index in [4.69, 9.17) is 4.74 Å². The zero-order valence-corrected chi connectivity index (χ0v) is 14.9. The third-order valence-corrected chi connectivity index (χ3v) is 7.43. The van der Waals surface area contributed by atoms with E-state index in [1.54, 1.807) is 6.20 Å². The van der Waals surface area contributed by atoms with E-state index in [0.29, 0.717) is 11.8 Å². The van der Waals surface area contributed by atoms with Crippen molar-refractivity contribution < 1.29 is 9.84 Å². The van der Waals surface area contributed by atoms with Crippen molar-refractivity contribution in [3.8, 4) is 5.69 Å². The van der Waals surface area contributed by atoms with Gasteiger partial charge in [-0.1, -0.05) is 26.0 Å². The molecule has 25 heavy (non-hydrogen) atoms. The van der Waals surface area contributed by atoms with Crippen molar-refractivity contribution in [1.82, 2.24) is 9.78 Å². The fraction of sp³-hybridized carbons (Fsp3) is 0.571. The molecule has 1 aromatic heterocycles. The Bertz CT molecular complexity index is 768. The van der Waals surface area contributed by atoms with Crippen LogP contribution in [0.5, 0.6) is 0 Å². The van der Waals surface area contributed by atoms with Gasteiger partial charge in [0.2, 0.25) is 0 Å². The van der Waals surface area contributed by atoms with Crippen molar-refractivity contribution >= 4 is 0 Å². The van der Waals surface area contributed by atoms with Crippen molar-refractivity contribution in [1.29, 1.82) is 0 Å². The molecule has 5 atom stereocenters. The summed E-state index contributed by atoms with van der Waals surface area (Å²) in [7, 11) is 0. The van der Waals surface area contributed by atoms with Gasteiger partial charge < -0.3 is 9.84 Å². The fourth-order valence-corrected chi connectivity index (χ4v) is 5.99. The molecule has 4 nitrogen and oxygen atoms in total. The summed E-state index contributed by atoms with van der Waals surface area (Å²) in [6.07, 6.45) is 6.98. The highest BCUT2D eigenvalue weighted by Gasteiger charge is 2.67. The Hall–Kier alpha value is -1.65. The lowest BCUT2D eigenvalue weighted by Gasteiger charge is -2.51. The molecule has 0 radical (unpaired) electrons. The third-order valence-electron chi connectivity index (χ3n) is 7.43. The van der Waals surface area contributed by atoms with Gasteiger partial charge in [0.15, 0.2) is 0 Å². The first-order valence-corrected chi connectivity index (χ1v) is 9.42. The van der Waals surface area contributed by atoms with Crippen molar-refractivity contribution in [3.63, 3.8) is 0 Å². The van der Waals surface area contributed by atoms with Gasteiger partial charge in [-0.2, -0.15) is 5.10 Å². The highest BCUT2D eigenvalue weighted by Crippen LogP contribution is 2.70. The monoisotopic (exact) mass is 338 g/mol. The van der Waals surface area contributed by atoms with Crippen LogP contribution in [0.2, 0.25) is 0 Å². The van der Waals surface area contributed by atoms with Crippen LogP contribution in [0.1, 0.15) is 44.8 Å². The molecule has 3 fully saturated rings. The van der Waals surface area contributed by atoms with E-state index in [2.05, 4.69) is 43.2 Å². The Kier molecular flexibility index (Phi) is 3.23. The van der Waals surface area contributed by atoms with Gasteiger partial charge in [-0.15, -0.1) is 0 Å². The molecule has 1 spiro atoms. The van der Waals surface area contributed by atoms with Gasteiger partial charge >= 0.3 is 0 Å². The van der Waals surface area contributed by atoms with Crippen LogP contribution >= 0.6 is 0 Å². The number of fused-ring (bicyclic) bond motifs is 1. The smallest absolute Gasteiger partial charge is 0.0859 e. The lowest BCUT2D eigenvalue weighted by molar-refractivity contribution is -0.164. The maximum absolute atomic E-state index is 11.1. The normalized spacial score (nSPS) is 38.7. The first-order valence-electron chi connectivity index (χ1n) is 9.42. The summed E-state index contributed by atoms with van der Waals surface area (Å²) in [6.45, 7) is 5.25. The Morgan fingerprint density at radius 3 is 2.72 bits per heavy atom. The number of hydrogen-bond acceptors (Lipinski definition) is 3. The Morgan fingerprint density at radius 2 is 2.04 bits per heavy atom. The summed E-state index contributed by atoms with van der Waals surface area (Å²) in [4.78, 5) is 0. The van der Waals surface area contributed by atoms with Crippen LogP contribution in [0.15, 0.2) is 42.7 Å². The molecule has 2 heterocycles. The predicted molar refractivity (Wildman–Crippen MR) is 95.3 cm³/mol. The molecule has 2 aromatic rings. The molecule has 3 aliphatic rings. The molecule has 0 unspecified atom stereocenters. The van der Waals surface area contributed by atoms with Crippen LogP contribution in [0, 0.1) is 22.7 Å². The summed E-state index contributed by atoms with van der Waals surface area (Å²) in [5.41, 5.74) is 2.39. The molecule has 4 heteroatoms. The summed E-state index contributed by atoms with van der Waals surface area (Å²) in [5, 5.41) is 15.4. The minimum absolute atomic E-state index is 0.0440. The van der Waals surface area contributed by atoms with E-state index in [1.807, 2.05) is 16.9 Å². The average molecular weight is 338 g/mol. The molecule has 1 aromatic carbocycles. The number of aliphatic hydroxyl groups excluding tert-OH is 1. The average Bonchev–Trinajstić information content (AvgIpc) is 3.32. The molecule has 132 valence electrons. The first kappa shape index (κ1) is 15.6. The van der Waals surface area contributed by atoms with Crippen LogP contribution in [-0.4, -0.2) is 27.6 Å². The maximum atomic E-state index is 11.1. The van der Waals surface area contributed by atoms with E-state index in [0.717, 1.165) is 25.1 Å². The largest absolute Gasteiger partial charge is 0.392 e. The number of hydrogen-bond donors (Lipinski definition) is 1. The molecule has 2 aliphatic carbocycles. The van der Waals surface area contributed by atoms with Crippen LogP contribution < -0.4 is 0 Å². The number of rotatable bonds is 2. The van der Waals surface area contributed by atoms with Crippen LogP contribution in [0.4, 0.5) is 0 Å². The van der Waals surface area contributed by atoms with Gasteiger partial charge in [0.1, 0.15) is 0 Å². The van der Waals surface area contributed by atoms with Gasteiger partial charge in [-0.3, -0.25) is 0 Å². The molecule has 2 saturated carbocycles. The molecular formula is C21H26N2O2. The topological polar surface area (TPSA) is 47.3 Å². The molecule has 1 aliphatic heterocycles. The minimum Gasteiger partial charge on any atom is -0.392 e. The number of nitrogens with zero attached hydrogens (tertiary/aromatic N) is 2. The number of aliphatic hydroxyl groups is 1. The predicted octanol–water partition coefficient (Wildman–Crippen LogP) is 3.75. The Balaban J connectivity index is 1.46. The molecular weight excluding hydrogens is 312 g/mol. The SMILES string of the molecule is CC1(C)[C@@H]2C[C@@H]3[C@@H](c4ccc(-n5cccn5)cc4)OCC[C@@]3(C2)[C@@H]1O. The highest BCUT2D eigenvalue weighted by molar-refractivity contribution is 5.35. The standard InChI is InChI=1S/C21H26N2O2/c1-20(2)15-12-17-18(25-11-8-21(17,13-15)19(20)24)14-4-6-16(7-5-14)23-10-3-9-22-23/h3-7,9-10,15,17-19,24H,8,11-13H2,1-2H3/t15-,17-,18-,19-,21+/m1/s1. The molecule has 1 N–H and O–H groups in total. The minimum atomic E-state index is -0.210. The lowest BCUT2D eigenvalue weighted by Crippen LogP contribution is -2.51. The molecule has 2 bridgehead atoms. The van der Waals surface area contributed by atoms with Crippen LogP contribution in [0.25, 0.3) is 5.69 Å². The molecule has 0 amide bonds. The van der Waals surface area contributed by atoms with Crippen molar-refractivity contribution in [2.45, 2.75) is 45.3 Å². The summed E-state index contributed by atoms with van der Waals surface area (Å²) in [6, 6.07) is 10.5. The van der Waals surface area contributed by atoms with Crippen molar-refractivity contribution in [2.75, 3.05) is 6.61 Å². The second kappa shape index (κ2) is 5.18. The van der Waals surface area contributed by atoms with Crippen molar-refractivity contribution in [3.05, 3.63) is 48.3 Å². The van der Waals surface area contributed by atoms with Crippen molar-refractivity contribution in [2.24, 2.45) is 22.7 Å². The summed E-state index contributed by atoms with van der Waals surface area (Å²) >= 11 is 0. The second-order valence-electron chi connectivity index (χ2n) is 8.78. The van der Waals surface area contributed by atoms with E-state index in [-0.39, 0.29) is 23.0 Å². The zero-order chi connectivity index (χ0) is 17.2. The number of ether oxygens (including phenoxy) is 1. The van der Waals surface area contributed by atoms with Gasteiger partial charge in [-0.25, -0.2) is 4.68 Å². The molecule has 5 rings (SSSR count). The van der Waals surface area contributed by atoms with E-state index < -0.39 is 0 Å². The van der Waals surface area contributed by atoms with Gasteiger partial charge in [-0.05, 0) is 60.3 Å². The Labute approximate surface area is 148 Å². The number of aromatic nitrogens is 2. The zero-order valence-electron chi connectivity index (χ0n) is 14.9. The lowest BCUT2D eigenvalue weighted by atomic mass is 9.60. The van der Waals surface area contributed by atoms with E-state index >= 15 is 0 Å². The highest BCUT2D eigenvalue weighted by atomic mass is 16.5. The number of benzene rings is 1. The van der Waals surface area contributed by atoms with E-state index in [9.17, 15) is 5.11 Å². The van der Waals surface area contributed by atoms with Crippen LogP contribution in [0.3, 0.4) is 0 Å².